The SMILES string of the molecule is c1ccc2c(-c3nn[nH]n3)nncc2c1. The predicted octanol–water partition coefficient (Wildman–Crippen LogP) is 0.810. The van der Waals surface area contributed by atoms with Gasteiger partial charge < -0.3 is 0 Å². The molecule has 0 aliphatic rings. The summed E-state index contributed by atoms with van der Waals surface area (Å²) in [6.45, 7) is 0. The fourth-order valence-corrected chi connectivity index (χ4v) is 1.46. The Morgan fingerprint density at radius 2 is 2.00 bits per heavy atom. The average molecular weight is 198 g/mol. The number of benzene rings is 1. The van der Waals surface area contributed by atoms with Gasteiger partial charge in [0, 0.05) is 10.8 Å². The molecule has 2 heterocycles. The average Bonchev–Trinajstić information content (AvgIpc) is 2.82. The predicted molar refractivity (Wildman–Crippen MR) is 52.7 cm³/mol. The van der Waals surface area contributed by atoms with E-state index < -0.39 is 0 Å². The highest BCUT2D eigenvalue weighted by molar-refractivity contribution is 5.91. The maximum absolute atomic E-state index is 4.01. The standard InChI is InChI=1S/C9H6N6/c1-2-4-7-6(3-1)5-10-11-8(7)9-12-14-15-13-9/h1-5H,(H,12,13,14,15). The number of aromatic amines is 1. The van der Waals surface area contributed by atoms with E-state index in [-0.39, 0.29) is 0 Å². The zero-order chi connectivity index (χ0) is 10.1. The lowest BCUT2D eigenvalue weighted by molar-refractivity contribution is 0.881. The van der Waals surface area contributed by atoms with Crippen LogP contribution in [0.2, 0.25) is 0 Å². The van der Waals surface area contributed by atoms with Crippen molar-refractivity contribution >= 4 is 10.8 Å². The summed E-state index contributed by atoms with van der Waals surface area (Å²) in [6, 6.07) is 7.81. The van der Waals surface area contributed by atoms with Crippen LogP contribution >= 0.6 is 0 Å². The molecule has 0 fully saturated rings. The summed E-state index contributed by atoms with van der Waals surface area (Å²) < 4.78 is 0. The van der Waals surface area contributed by atoms with Gasteiger partial charge in [-0.25, -0.2) is 0 Å². The summed E-state index contributed by atoms with van der Waals surface area (Å²) in [4.78, 5) is 0. The first-order valence-electron chi connectivity index (χ1n) is 4.39. The maximum Gasteiger partial charge on any atom is 0.225 e. The first kappa shape index (κ1) is 7.98. The maximum atomic E-state index is 4.01. The molecular formula is C9H6N6. The molecule has 0 spiro atoms. The van der Waals surface area contributed by atoms with Gasteiger partial charge in [0.1, 0.15) is 5.69 Å². The van der Waals surface area contributed by atoms with E-state index in [4.69, 9.17) is 0 Å². The molecule has 6 nitrogen and oxygen atoms in total. The van der Waals surface area contributed by atoms with Gasteiger partial charge >= 0.3 is 0 Å². The second-order valence-corrected chi connectivity index (χ2v) is 3.02. The number of hydrogen-bond donors (Lipinski definition) is 1. The van der Waals surface area contributed by atoms with Gasteiger partial charge in [0.15, 0.2) is 0 Å². The van der Waals surface area contributed by atoms with Gasteiger partial charge in [-0.2, -0.15) is 10.3 Å². The molecule has 72 valence electrons. The third kappa shape index (κ3) is 1.23. The minimum absolute atomic E-state index is 0.458. The Hall–Kier alpha value is -2.37. The number of H-pyrrole nitrogens is 1. The smallest absolute Gasteiger partial charge is 0.177 e. The molecule has 0 bridgehead atoms. The van der Waals surface area contributed by atoms with Crippen LogP contribution in [0.3, 0.4) is 0 Å². The Bertz CT molecular complexity index is 583. The lowest BCUT2D eigenvalue weighted by Crippen LogP contribution is -1.91. The highest BCUT2D eigenvalue weighted by Crippen LogP contribution is 2.21. The topological polar surface area (TPSA) is 80.2 Å². The van der Waals surface area contributed by atoms with E-state index in [1.54, 1.807) is 6.20 Å². The summed E-state index contributed by atoms with van der Waals surface area (Å²) in [5.74, 6) is 0.458. The van der Waals surface area contributed by atoms with E-state index in [9.17, 15) is 0 Å². The van der Waals surface area contributed by atoms with E-state index in [2.05, 4.69) is 30.8 Å². The Kier molecular flexibility index (Phi) is 1.64. The van der Waals surface area contributed by atoms with E-state index in [0.29, 0.717) is 11.5 Å². The van der Waals surface area contributed by atoms with Gasteiger partial charge in [-0.15, -0.1) is 15.3 Å². The van der Waals surface area contributed by atoms with Crippen molar-refractivity contribution in [2.45, 2.75) is 0 Å². The molecule has 0 atom stereocenters. The second-order valence-electron chi connectivity index (χ2n) is 3.02. The van der Waals surface area contributed by atoms with Crippen LogP contribution in [0.4, 0.5) is 0 Å². The monoisotopic (exact) mass is 198 g/mol. The summed E-state index contributed by atoms with van der Waals surface area (Å²) in [6.07, 6.45) is 1.71. The molecule has 0 amide bonds. The number of aromatic nitrogens is 6. The van der Waals surface area contributed by atoms with Crippen LogP contribution in [0.1, 0.15) is 0 Å². The van der Waals surface area contributed by atoms with Crippen molar-refractivity contribution < 1.29 is 0 Å². The van der Waals surface area contributed by atoms with Crippen LogP contribution in [0.25, 0.3) is 22.3 Å². The molecule has 0 saturated heterocycles. The van der Waals surface area contributed by atoms with Crippen LogP contribution in [-0.2, 0) is 0 Å². The minimum Gasteiger partial charge on any atom is -0.177 e. The number of rotatable bonds is 1. The number of hydrogen-bond acceptors (Lipinski definition) is 5. The number of tetrazole rings is 1. The van der Waals surface area contributed by atoms with Crippen LogP contribution < -0.4 is 0 Å². The summed E-state index contributed by atoms with van der Waals surface area (Å²) in [5.41, 5.74) is 0.641. The molecule has 1 aromatic carbocycles. The molecule has 2 aromatic heterocycles. The van der Waals surface area contributed by atoms with Gasteiger partial charge in [0.05, 0.1) is 6.20 Å². The second kappa shape index (κ2) is 3.09. The van der Waals surface area contributed by atoms with Gasteiger partial charge in [0.2, 0.25) is 5.82 Å². The largest absolute Gasteiger partial charge is 0.225 e. The van der Waals surface area contributed by atoms with E-state index in [1.807, 2.05) is 24.3 Å². The quantitative estimate of drug-likeness (QED) is 0.625. The van der Waals surface area contributed by atoms with Gasteiger partial charge in [0.25, 0.3) is 0 Å². The van der Waals surface area contributed by atoms with Crippen molar-refractivity contribution in [3.8, 4) is 11.5 Å². The Balaban J connectivity index is 2.36. The van der Waals surface area contributed by atoms with Crippen molar-refractivity contribution in [3.05, 3.63) is 30.5 Å². The third-order valence-electron chi connectivity index (χ3n) is 2.13. The summed E-state index contributed by atoms with van der Waals surface area (Å²) in [5, 5.41) is 23.6. The Morgan fingerprint density at radius 3 is 2.87 bits per heavy atom. The fraction of sp³-hybridized carbons (Fsp3) is 0. The first-order valence-corrected chi connectivity index (χ1v) is 4.39. The molecule has 6 heteroatoms. The van der Waals surface area contributed by atoms with Crippen molar-refractivity contribution in [2.75, 3.05) is 0 Å². The molecule has 0 radical (unpaired) electrons. The normalized spacial score (nSPS) is 10.7. The molecule has 15 heavy (non-hydrogen) atoms. The van der Waals surface area contributed by atoms with Crippen molar-refractivity contribution in [1.82, 2.24) is 30.8 Å². The van der Waals surface area contributed by atoms with E-state index >= 15 is 0 Å². The van der Waals surface area contributed by atoms with Crippen LogP contribution in [0.15, 0.2) is 30.5 Å². The van der Waals surface area contributed by atoms with Crippen LogP contribution in [0, 0.1) is 0 Å². The highest BCUT2D eigenvalue weighted by atomic mass is 15.5. The molecule has 3 aromatic rings. The van der Waals surface area contributed by atoms with E-state index in [1.165, 1.54) is 0 Å². The Morgan fingerprint density at radius 1 is 1.07 bits per heavy atom. The lowest BCUT2D eigenvalue weighted by atomic mass is 10.1. The number of nitrogens with one attached hydrogen (secondary N) is 1. The van der Waals surface area contributed by atoms with Crippen molar-refractivity contribution in [3.63, 3.8) is 0 Å². The molecule has 0 saturated carbocycles. The Labute approximate surface area is 84.4 Å². The molecule has 1 N–H and O–H groups in total. The van der Waals surface area contributed by atoms with Gasteiger partial charge in [-0.1, -0.05) is 24.3 Å². The van der Waals surface area contributed by atoms with Crippen LogP contribution in [-0.4, -0.2) is 30.8 Å². The minimum atomic E-state index is 0.458. The van der Waals surface area contributed by atoms with Gasteiger partial charge in [-0.05, 0) is 5.21 Å². The van der Waals surface area contributed by atoms with E-state index in [0.717, 1.165) is 10.8 Å². The lowest BCUT2D eigenvalue weighted by Gasteiger charge is -1.98. The highest BCUT2D eigenvalue weighted by Gasteiger charge is 2.09. The number of fused-ring (bicyclic) bond motifs is 1. The molecule has 0 unspecified atom stereocenters. The van der Waals surface area contributed by atoms with Crippen molar-refractivity contribution in [2.24, 2.45) is 0 Å². The van der Waals surface area contributed by atoms with Gasteiger partial charge in [-0.3, -0.25) is 0 Å². The van der Waals surface area contributed by atoms with Crippen LogP contribution in [0.5, 0.6) is 0 Å². The zero-order valence-corrected chi connectivity index (χ0v) is 7.62. The zero-order valence-electron chi connectivity index (χ0n) is 7.62. The molecule has 0 aliphatic heterocycles. The third-order valence-corrected chi connectivity index (χ3v) is 2.13. The molecular weight excluding hydrogens is 192 g/mol. The fourth-order valence-electron chi connectivity index (χ4n) is 1.46. The van der Waals surface area contributed by atoms with Crippen molar-refractivity contribution in [1.29, 1.82) is 0 Å². The summed E-state index contributed by atoms with van der Waals surface area (Å²) >= 11 is 0. The molecule has 0 aliphatic carbocycles. The summed E-state index contributed by atoms with van der Waals surface area (Å²) in [7, 11) is 0. The molecule has 3 rings (SSSR count). The number of nitrogens with zero attached hydrogens (tertiary/aromatic N) is 5. The first-order chi connectivity index (χ1) is 7.45.